The van der Waals surface area contributed by atoms with Crippen LogP contribution in [0.2, 0.25) is 0 Å². The van der Waals surface area contributed by atoms with Gasteiger partial charge in [-0.05, 0) is 53.9 Å². The monoisotopic (exact) mass is 336 g/mol. The second-order valence-electron chi connectivity index (χ2n) is 7.53. The average Bonchev–Trinajstić information content (AvgIpc) is 2.59. The van der Waals surface area contributed by atoms with Gasteiger partial charge in [0, 0.05) is 16.0 Å². The second-order valence-corrected chi connectivity index (χ2v) is 8.33. The first-order valence-corrected chi connectivity index (χ1v) is 8.29. The number of hydrogen-bond donors (Lipinski definition) is 0. The lowest BCUT2D eigenvalue weighted by atomic mass is 9.82. The Morgan fingerprint density at radius 3 is 2.45 bits per heavy atom. The molecule has 0 saturated carbocycles. The molecule has 2 rings (SSSR count). The molecule has 0 amide bonds. The number of halogens is 1. The molecule has 1 atom stereocenters. The molecule has 0 saturated heterocycles. The molecule has 0 N–H and O–H groups in total. The topological polar surface area (TPSA) is 17.1 Å². The Morgan fingerprint density at radius 1 is 1.35 bits per heavy atom. The molecule has 1 nitrogen and oxygen atoms in total. The Morgan fingerprint density at radius 2 is 1.95 bits per heavy atom. The minimum Gasteiger partial charge on any atom is -0.294 e. The molecule has 0 spiro atoms. The summed E-state index contributed by atoms with van der Waals surface area (Å²) in [4.78, 5) is 12.7. The Hall–Kier alpha value is -0.630. The number of ketones is 1. The standard InChI is InChI=1S/C18H25BrO/c1-10(2)7-12-8-13-14(17(12)20)9-15(18(4,5)6)11(3)16(13)19/h9-10,12H,7-8H2,1-6H3. The molecule has 1 aromatic rings. The summed E-state index contributed by atoms with van der Waals surface area (Å²) in [5.41, 5.74) is 4.82. The molecular formula is C18H25BrO. The van der Waals surface area contributed by atoms with Gasteiger partial charge in [-0.3, -0.25) is 4.79 Å². The molecule has 0 aliphatic heterocycles. The minimum atomic E-state index is 0.0675. The van der Waals surface area contributed by atoms with E-state index in [4.69, 9.17) is 0 Å². The van der Waals surface area contributed by atoms with Crippen LogP contribution in [-0.4, -0.2) is 5.78 Å². The molecule has 20 heavy (non-hydrogen) atoms. The van der Waals surface area contributed by atoms with Crippen LogP contribution in [0.5, 0.6) is 0 Å². The van der Waals surface area contributed by atoms with Gasteiger partial charge >= 0.3 is 0 Å². The third-order valence-electron chi connectivity index (χ3n) is 4.26. The van der Waals surface area contributed by atoms with Crippen LogP contribution in [0.15, 0.2) is 10.5 Å². The van der Waals surface area contributed by atoms with Crippen molar-refractivity contribution in [2.45, 2.75) is 59.8 Å². The van der Waals surface area contributed by atoms with Crippen LogP contribution in [-0.2, 0) is 11.8 Å². The summed E-state index contributed by atoms with van der Waals surface area (Å²) in [6.45, 7) is 13.2. The zero-order valence-electron chi connectivity index (χ0n) is 13.4. The maximum absolute atomic E-state index is 12.7. The van der Waals surface area contributed by atoms with Gasteiger partial charge in [0.2, 0.25) is 0 Å². The van der Waals surface area contributed by atoms with Gasteiger partial charge in [-0.1, -0.05) is 50.5 Å². The number of fused-ring (bicyclic) bond motifs is 1. The number of carbonyl (C=O) groups excluding carboxylic acids is 1. The van der Waals surface area contributed by atoms with Crippen molar-refractivity contribution in [2.75, 3.05) is 0 Å². The molecule has 1 aliphatic rings. The van der Waals surface area contributed by atoms with E-state index < -0.39 is 0 Å². The molecule has 110 valence electrons. The van der Waals surface area contributed by atoms with Crippen molar-refractivity contribution in [3.63, 3.8) is 0 Å². The SMILES string of the molecule is Cc1c(C(C)(C)C)cc2c(c1Br)CC(CC(C)C)C2=O. The van der Waals surface area contributed by atoms with Crippen LogP contribution in [0, 0.1) is 18.8 Å². The lowest BCUT2D eigenvalue weighted by Gasteiger charge is -2.24. The van der Waals surface area contributed by atoms with Crippen molar-refractivity contribution in [3.05, 3.63) is 32.8 Å². The summed E-state index contributed by atoms with van der Waals surface area (Å²) < 4.78 is 1.15. The molecular weight excluding hydrogens is 312 g/mol. The lowest BCUT2D eigenvalue weighted by Crippen LogP contribution is -2.15. The van der Waals surface area contributed by atoms with E-state index >= 15 is 0 Å². The molecule has 0 aromatic heterocycles. The van der Waals surface area contributed by atoms with Gasteiger partial charge in [0.25, 0.3) is 0 Å². The molecule has 0 bridgehead atoms. The van der Waals surface area contributed by atoms with Crippen LogP contribution in [0.1, 0.15) is 68.1 Å². The molecule has 0 heterocycles. The average molecular weight is 337 g/mol. The molecule has 1 unspecified atom stereocenters. The zero-order valence-corrected chi connectivity index (χ0v) is 15.0. The number of benzene rings is 1. The highest BCUT2D eigenvalue weighted by atomic mass is 79.9. The van der Waals surface area contributed by atoms with E-state index in [9.17, 15) is 4.79 Å². The van der Waals surface area contributed by atoms with Crippen molar-refractivity contribution in [1.29, 1.82) is 0 Å². The first-order chi connectivity index (χ1) is 9.12. The van der Waals surface area contributed by atoms with Gasteiger partial charge in [-0.25, -0.2) is 0 Å². The Balaban J connectivity index is 2.51. The van der Waals surface area contributed by atoms with Gasteiger partial charge < -0.3 is 0 Å². The largest absolute Gasteiger partial charge is 0.294 e. The summed E-state index contributed by atoms with van der Waals surface area (Å²) in [6.07, 6.45) is 1.89. The fourth-order valence-corrected chi connectivity index (χ4v) is 3.91. The summed E-state index contributed by atoms with van der Waals surface area (Å²) >= 11 is 3.74. The fraction of sp³-hybridized carbons (Fsp3) is 0.611. The van der Waals surface area contributed by atoms with Crippen LogP contribution >= 0.6 is 15.9 Å². The minimum absolute atomic E-state index is 0.0675. The predicted octanol–water partition coefficient (Wildman–Crippen LogP) is 5.46. The number of rotatable bonds is 2. The number of Topliss-reactive ketones (excluding diaryl/α,β-unsaturated/α-hetero) is 1. The molecule has 1 aliphatic carbocycles. The molecule has 1 aromatic carbocycles. The van der Waals surface area contributed by atoms with Gasteiger partial charge in [0.15, 0.2) is 5.78 Å². The zero-order chi connectivity index (χ0) is 15.2. The van der Waals surface area contributed by atoms with Crippen LogP contribution in [0.3, 0.4) is 0 Å². The van der Waals surface area contributed by atoms with Gasteiger partial charge in [-0.2, -0.15) is 0 Å². The molecule has 2 heteroatoms. The maximum atomic E-state index is 12.7. The molecule has 0 fully saturated rings. The van der Waals surface area contributed by atoms with Gasteiger partial charge in [0.05, 0.1) is 0 Å². The van der Waals surface area contributed by atoms with Crippen LogP contribution < -0.4 is 0 Å². The predicted molar refractivity (Wildman–Crippen MR) is 88.6 cm³/mol. The summed E-state index contributed by atoms with van der Waals surface area (Å²) in [5.74, 6) is 1.09. The third-order valence-corrected chi connectivity index (χ3v) is 5.34. The smallest absolute Gasteiger partial charge is 0.166 e. The van der Waals surface area contributed by atoms with E-state index in [1.165, 1.54) is 16.7 Å². The highest BCUT2D eigenvalue weighted by Gasteiger charge is 2.34. The normalized spacial score (nSPS) is 18.8. The summed E-state index contributed by atoms with van der Waals surface area (Å²) in [7, 11) is 0. The van der Waals surface area contributed by atoms with Crippen molar-refractivity contribution in [2.24, 2.45) is 11.8 Å². The quantitative estimate of drug-likeness (QED) is 0.701. The molecule has 0 radical (unpaired) electrons. The van der Waals surface area contributed by atoms with E-state index in [2.05, 4.69) is 63.5 Å². The van der Waals surface area contributed by atoms with Crippen LogP contribution in [0.4, 0.5) is 0 Å². The highest BCUT2D eigenvalue weighted by molar-refractivity contribution is 9.10. The Bertz CT molecular complexity index is 550. The van der Waals surface area contributed by atoms with E-state index in [1.807, 2.05) is 0 Å². The van der Waals surface area contributed by atoms with Crippen molar-refractivity contribution in [1.82, 2.24) is 0 Å². The van der Waals surface area contributed by atoms with Crippen molar-refractivity contribution >= 4 is 21.7 Å². The third kappa shape index (κ3) is 2.72. The number of hydrogen-bond acceptors (Lipinski definition) is 1. The van der Waals surface area contributed by atoms with Crippen LogP contribution in [0.25, 0.3) is 0 Å². The second kappa shape index (κ2) is 5.29. The van der Waals surface area contributed by atoms with E-state index in [-0.39, 0.29) is 11.3 Å². The fourth-order valence-electron chi connectivity index (χ4n) is 3.32. The first-order valence-electron chi connectivity index (χ1n) is 7.49. The van der Waals surface area contributed by atoms with Crippen molar-refractivity contribution < 1.29 is 4.79 Å². The summed E-state index contributed by atoms with van der Waals surface area (Å²) in [5, 5.41) is 0. The Labute approximate surface area is 131 Å². The van der Waals surface area contributed by atoms with E-state index in [0.29, 0.717) is 11.7 Å². The summed E-state index contributed by atoms with van der Waals surface area (Å²) in [6, 6.07) is 2.15. The highest BCUT2D eigenvalue weighted by Crippen LogP contribution is 2.41. The first kappa shape index (κ1) is 15.8. The van der Waals surface area contributed by atoms with Gasteiger partial charge in [-0.15, -0.1) is 0 Å². The van der Waals surface area contributed by atoms with Crippen molar-refractivity contribution in [3.8, 4) is 0 Å². The van der Waals surface area contributed by atoms with Gasteiger partial charge in [0.1, 0.15) is 0 Å². The van der Waals surface area contributed by atoms with E-state index in [1.54, 1.807) is 0 Å². The lowest BCUT2D eigenvalue weighted by molar-refractivity contribution is 0.0922. The maximum Gasteiger partial charge on any atom is 0.166 e. The number of carbonyl (C=O) groups is 1. The Kier molecular flexibility index (Phi) is 4.17. The van der Waals surface area contributed by atoms with E-state index in [0.717, 1.165) is 22.9 Å².